The summed E-state index contributed by atoms with van der Waals surface area (Å²) in [6.45, 7) is 7.75. The number of fused-ring (bicyclic) bond motifs is 1. The minimum Gasteiger partial charge on any atom is -0.303 e. The van der Waals surface area contributed by atoms with Gasteiger partial charge in [0, 0.05) is 12.1 Å². The molecular weight excluding hydrogens is 300 g/mol. The summed E-state index contributed by atoms with van der Waals surface area (Å²) < 4.78 is 3.33. The van der Waals surface area contributed by atoms with Gasteiger partial charge in [0.25, 0.3) is 0 Å². The number of aldehydes is 1. The van der Waals surface area contributed by atoms with Crippen LogP contribution in [0.3, 0.4) is 0 Å². The molecule has 0 N–H and O–H groups in total. The molecule has 0 spiro atoms. The SMILES string of the molecule is C=C(C)n1c(=O)n(-c2ccccc2C(C)CC=O)c2ccccc21. The van der Waals surface area contributed by atoms with E-state index in [-0.39, 0.29) is 11.6 Å². The lowest BCUT2D eigenvalue weighted by Gasteiger charge is -2.15. The molecule has 4 heteroatoms. The molecule has 1 unspecified atom stereocenters. The average molecular weight is 320 g/mol. The third-order valence-electron chi connectivity index (χ3n) is 4.29. The molecule has 0 saturated heterocycles. The number of carbonyl (C=O) groups is 1. The molecule has 0 aliphatic carbocycles. The van der Waals surface area contributed by atoms with Crippen LogP contribution in [0.1, 0.15) is 31.7 Å². The first-order valence-electron chi connectivity index (χ1n) is 7.97. The number of aromatic nitrogens is 2. The van der Waals surface area contributed by atoms with Gasteiger partial charge in [0.2, 0.25) is 0 Å². The standard InChI is InChI=1S/C20H20N2O2/c1-14(2)21-18-10-6-7-11-19(18)22(20(21)24)17-9-5-4-8-16(17)15(3)12-13-23/h4-11,13,15H,1,12H2,2-3H3. The number of nitrogens with zero attached hydrogens (tertiary/aromatic N) is 2. The van der Waals surface area contributed by atoms with Gasteiger partial charge in [-0.1, -0.05) is 43.8 Å². The number of para-hydroxylation sites is 3. The van der Waals surface area contributed by atoms with Crippen molar-refractivity contribution < 1.29 is 4.79 Å². The quantitative estimate of drug-likeness (QED) is 0.668. The first-order valence-corrected chi connectivity index (χ1v) is 7.97. The van der Waals surface area contributed by atoms with Gasteiger partial charge in [-0.3, -0.25) is 9.13 Å². The number of hydrogen-bond acceptors (Lipinski definition) is 2. The number of benzene rings is 2. The normalized spacial score (nSPS) is 12.2. The molecule has 1 heterocycles. The van der Waals surface area contributed by atoms with Gasteiger partial charge in [-0.25, -0.2) is 4.79 Å². The fraction of sp³-hybridized carbons (Fsp3) is 0.200. The summed E-state index contributed by atoms with van der Waals surface area (Å²) in [5.74, 6) is 0.0394. The molecule has 24 heavy (non-hydrogen) atoms. The van der Waals surface area contributed by atoms with Gasteiger partial charge in [0.15, 0.2) is 0 Å². The van der Waals surface area contributed by atoms with Gasteiger partial charge in [0.05, 0.1) is 16.7 Å². The zero-order valence-electron chi connectivity index (χ0n) is 13.9. The van der Waals surface area contributed by atoms with E-state index in [0.29, 0.717) is 12.1 Å². The predicted octanol–water partition coefficient (Wildman–Crippen LogP) is 3.98. The number of rotatable bonds is 5. The Balaban J connectivity index is 2.37. The highest BCUT2D eigenvalue weighted by atomic mass is 16.1. The van der Waals surface area contributed by atoms with E-state index >= 15 is 0 Å². The van der Waals surface area contributed by atoms with E-state index in [9.17, 15) is 9.59 Å². The molecule has 2 aromatic carbocycles. The zero-order chi connectivity index (χ0) is 17.3. The maximum Gasteiger partial charge on any atom is 0.338 e. The minimum absolute atomic E-state index is 0.0394. The largest absolute Gasteiger partial charge is 0.338 e. The molecule has 3 rings (SSSR count). The second-order valence-corrected chi connectivity index (χ2v) is 6.04. The zero-order valence-corrected chi connectivity index (χ0v) is 13.9. The van der Waals surface area contributed by atoms with Crippen LogP contribution in [0.2, 0.25) is 0 Å². The van der Waals surface area contributed by atoms with Gasteiger partial charge < -0.3 is 4.79 Å². The molecule has 0 fully saturated rings. The average Bonchev–Trinajstić information content (AvgIpc) is 2.87. The summed E-state index contributed by atoms with van der Waals surface area (Å²) in [5.41, 5.74) is 3.98. The molecule has 122 valence electrons. The molecule has 3 aromatic rings. The van der Waals surface area contributed by atoms with Crippen molar-refractivity contribution >= 4 is 23.0 Å². The second-order valence-electron chi connectivity index (χ2n) is 6.04. The number of allylic oxidation sites excluding steroid dienone is 1. The van der Waals surface area contributed by atoms with Crippen LogP contribution in [0.5, 0.6) is 0 Å². The van der Waals surface area contributed by atoms with E-state index in [1.54, 1.807) is 9.13 Å². The maximum atomic E-state index is 13.1. The Labute approximate surface area is 140 Å². The van der Waals surface area contributed by atoms with Crippen LogP contribution in [0.4, 0.5) is 0 Å². The number of carbonyl (C=O) groups excluding carboxylic acids is 1. The van der Waals surface area contributed by atoms with Crippen LogP contribution < -0.4 is 5.69 Å². The maximum absolute atomic E-state index is 13.1. The van der Waals surface area contributed by atoms with E-state index in [0.717, 1.165) is 28.6 Å². The molecule has 4 nitrogen and oxygen atoms in total. The first kappa shape index (κ1) is 16.0. The van der Waals surface area contributed by atoms with Gasteiger partial charge in [-0.2, -0.15) is 0 Å². The van der Waals surface area contributed by atoms with Gasteiger partial charge in [-0.05, 0) is 36.6 Å². The minimum atomic E-state index is -0.144. The van der Waals surface area contributed by atoms with Gasteiger partial charge in [0.1, 0.15) is 6.29 Å². The fourth-order valence-electron chi connectivity index (χ4n) is 3.13. The Morgan fingerprint density at radius 2 is 1.75 bits per heavy atom. The number of imidazole rings is 1. The summed E-state index contributed by atoms with van der Waals surface area (Å²) in [5, 5.41) is 0. The van der Waals surface area contributed by atoms with Crippen molar-refractivity contribution in [1.82, 2.24) is 9.13 Å². The van der Waals surface area contributed by atoms with E-state index in [2.05, 4.69) is 6.58 Å². The smallest absolute Gasteiger partial charge is 0.303 e. The van der Waals surface area contributed by atoms with Crippen LogP contribution >= 0.6 is 0 Å². The lowest BCUT2D eigenvalue weighted by Crippen LogP contribution is -2.23. The van der Waals surface area contributed by atoms with Crippen LogP contribution in [0.15, 0.2) is 59.9 Å². The van der Waals surface area contributed by atoms with E-state index in [1.165, 1.54) is 0 Å². The van der Waals surface area contributed by atoms with E-state index in [4.69, 9.17) is 0 Å². The Hall–Kier alpha value is -2.88. The highest BCUT2D eigenvalue weighted by Gasteiger charge is 2.18. The van der Waals surface area contributed by atoms with Crippen molar-refractivity contribution in [2.45, 2.75) is 26.2 Å². The van der Waals surface area contributed by atoms with Crippen molar-refractivity contribution in [2.75, 3.05) is 0 Å². The Kier molecular flexibility index (Phi) is 4.21. The molecule has 0 radical (unpaired) electrons. The first-order chi connectivity index (χ1) is 11.6. The molecule has 1 atom stereocenters. The summed E-state index contributed by atoms with van der Waals surface area (Å²) in [6.07, 6.45) is 1.34. The third-order valence-corrected chi connectivity index (χ3v) is 4.29. The van der Waals surface area contributed by atoms with Crippen LogP contribution in [0, 0.1) is 0 Å². The van der Waals surface area contributed by atoms with Crippen molar-refractivity contribution in [3.05, 3.63) is 71.2 Å². The number of hydrogen-bond donors (Lipinski definition) is 0. The summed E-state index contributed by atoms with van der Waals surface area (Å²) >= 11 is 0. The molecular formula is C20H20N2O2. The molecule has 0 saturated carbocycles. The van der Waals surface area contributed by atoms with Gasteiger partial charge >= 0.3 is 5.69 Å². The van der Waals surface area contributed by atoms with Gasteiger partial charge in [-0.15, -0.1) is 0 Å². The Morgan fingerprint density at radius 3 is 2.42 bits per heavy atom. The van der Waals surface area contributed by atoms with E-state index in [1.807, 2.05) is 62.4 Å². The molecule has 0 amide bonds. The molecule has 0 bridgehead atoms. The van der Waals surface area contributed by atoms with Crippen molar-refractivity contribution in [1.29, 1.82) is 0 Å². The van der Waals surface area contributed by atoms with Crippen LogP contribution in [0.25, 0.3) is 22.4 Å². The lowest BCUT2D eigenvalue weighted by molar-refractivity contribution is -0.108. The van der Waals surface area contributed by atoms with Crippen LogP contribution in [-0.4, -0.2) is 15.4 Å². The van der Waals surface area contributed by atoms with Crippen LogP contribution in [-0.2, 0) is 4.79 Å². The van der Waals surface area contributed by atoms with Crippen molar-refractivity contribution in [3.8, 4) is 5.69 Å². The second kappa shape index (κ2) is 6.32. The summed E-state index contributed by atoms with van der Waals surface area (Å²) in [7, 11) is 0. The van der Waals surface area contributed by atoms with Crippen molar-refractivity contribution in [2.24, 2.45) is 0 Å². The summed E-state index contributed by atoms with van der Waals surface area (Å²) in [6, 6.07) is 15.4. The van der Waals surface area contributed by atoms with Crippen molar-refractivity contribution in [3.63, 3.8) is 0 Å². The topological polar surface area (TPSA) is 44.0 Å². The Morgan fingerprint density at radius 1 is 1.12 bits per heavy atom. The molecule has 0 aliphatic heterocycles. The molecule has 0 aliphatic rings. The third kappa shape index (κ3) is 2.50. The predicted molar refractivity (Wildman–Crippen MR) is 97.6 cm³/mol. The highest BCUT2D eigenvalue weighted by Crippen LogP contribution is 2.27. The van der Waals surface area contributed by atoms with E-state index < -0.39 is 0 Å². The fourth-order valence-corrected chi connectivity index (χ4v) is 3.13. The molecule has 1 aromatic heterocycles. The summed E-state index contributed by atoms with van der Waals surface area (Å²) in [4.78, 5) is 24.0. The Bertz CT molecular complexity index is 979. The monoisotopic (exact) mass is 320 g/mol. The highest BCUT2D eigenvalue weighted by molar-refractivity contribution is 5.81. The lowest BCUT2D eigenvalue weighted by atomic mass is 9.96.